The summed E-state index contributed by atoms with van der Waals surface area (Å²) < 4.78 is 14.1. The van der Waals surface area contributed by atoms with E-state index in [1.165, 1.54) is 0 Å². The van der Waals surface area contributed by atoms with E-state index in [0.29, 0.717) is 24.9 Å². The fourth-order valence-corrected chi connectivity index (χ4v) is 2.24. The molecule has 0 unspecified atom stereocenters. The van der Waals surface area contributed by atoms with Crippen LogP contribution in [0.4, 0.5) is 4.39 Å². The Kier molecular flexibility index (Phi) is 7.91. The number of rotatable bonds is 9. The number of hydrogen-bond donors (Lipinski definition) is 1. The summed E-state index contributed by atoms with van der Waals surface area (Å²) in [6.45, 7) is 12.1. The molecule has 1 aromatic rings. The van der Waals surface area contributed by atoms with E-state index in [1.807, 2.05) is 12.1 Å². The topological polar surface area (TPSA) is 29.3 Å². The zero-order valence-electron chi connectivity index (χ0n) is 14.0. The summed E-state index contributed by atoms with van der Waals surface area (Å²) in [7, 11) is 0. The summed E-state index contributed by atoms with van der Waals surface area (Å²) in [6.07, 6.45) is 2.31. The summed E-state index contributed by atoms with van der Waals surface area (Å²) in [5.41, 5.74) is 7.19. The second-order valence-corrected chi connectivity index (χ2v) is 6.77. The van der Waals surface area contributed by atoms with Gasteiger partial charge >= 0.3 is 0 Å². The van der Waals surface area contributed by atoms with E-state index in [2.05, 4.69) is 32.6 Å². The van der Waals surface area contributed by atoms with Crippen molar-refractivity contribution in [3.8, 4) is 0 Å². The van der Waals surface area contributed by atoms with Gasteiger partial charge in [0.25, 0.3) is 0 Å². The van der Waals surface area contributed by atoms with Crippen LogP contribution in [0.3, 0.4) is 0 Å². The lowest BCUT2D eigenvalue weighted by atomic mass is 10.1. The highest BCUT2D eigenvalue weighted by molar-refractivity contribution is 5.24. The van der Waals surface area contributed by atoms with Crippen LogP contribution in [0.1, 0.15) is 51.7 Å². The smallest absolute Gasteiger partial charge is 0.128 e. The van der Waals surface area contributed by atoms with Crippen molar-refractivity contribution in [1.82, 2.24) is 4.90 Å². The molecule has 0 aromatic heterocycles. The first-order valence-electron chi connectivity index (χ1n) is 8.12. The zero-order chi connectivity index (χ0) is 15.8. The van der Waals surface area contributed by atoms with Gasteiger partial charge in [0.15, 0.2) is 0 Å². The highest BCUT2D eigenvalue weighted by Gasteiger charge is 2.11. The van der Waals surface area contributed by atoms with Crippen molar-refractivity contribution in [2.75, 3.05) is 13.1 Å². The van der Waals surface area contributed by atoms with Crippen LogP contribution >= 0.6 is 0 Å². The monoisotopic (exact) mass is 294 g/mol. The lowest BCUT2D eigenvalue weighted by molar-refractivity contribution is 0.233. The molecule has 2 nitrogen and oxygen atoms in total. The summed E-state index contributed by atoms with van der Waals surface area (Å²) in [5, 5.41) is 0. The van der Waals surface area contributed by atoms with Crippen LogP contribution in [0.5, 0.6) is 0 Å². The van der Waals surface area contributed by atoms with Crippen molar-refractivity contribution in [1.29, 1.82) is 0 Å². The molecule has 1 rings (SSSR count). The molecular weight excluding hydrogens is 263 g/mol. The molecule has 0 fully saturated rings. The lowest BCUT2D eigenvalue weighted by Crippen LogP contribution is -2.27. The maximum atomic E-state index is 14.1. The molecule has 21 heavy (non-hydrogen) atoms. The number of hydrogen-bond acceptors (Lipinski definition) is 2. The Balaban J connectivity index is 2.69. The molecule has 0 bridgehead atoms. The average Bonchev–Trinajstić information content (AvgIpc) is 2.43. The van der Waals surface area contributed by atoms with Gasteiger partial charge in [0.2, 0.25) is 0 Å². The highest BCUT2D eigenvalue weighted by atomic mass is 19.1. The highest BCUT2D eigenvalue weighted by Crippen LogP contribution is 2.15. The Morgan fingerprint density at radius 1 is 1.05 bits per heavy atom. The molecule has 0 radical (unpaired) electrons. The Labute approximate surface area is 129 Å². The molecule has 120 valence electrons. The molecule has 1 aromatic carbocycles. The number of benzene rings is 1. The second kappa shape index (κ2) is 9.16. The third kappa shape index (κ3) is 7.05. The third-order valence-corrected chi connectivity index (χ3v) is 3.79. The van der Waals surface area contributed by atoms with Crippen LogP contribution in [0, 0.1) is 17.7 Å². The first-order chi connectivity index (χ1) is 9.92. The first-order valence-corrected chi connectivity index (χ1v) is 8.12. The Hall–Kier alpha value is -0.930. The molecular formula is C18H31FN2. The third-order valence-electron chi connectivity index (χ3n) is 3.79. The van der Waals surface area contributed by atoms with Gasteiger partial charge in [-0.05, 0) is 49.4 Å². The van der Waals surface area contributed by atoms with E-state index >= 15 is 0 Å². The van der Waals surface area contributed by atoms with E-state index in [0.717, 1.165) is 37.1 Å². The predicted octanol–water partition coefficient (Wildman–Crippen LogP) is 4.18. The second-order valence-electron chi connectivity index (χ2n) is 6.77. The van der Waals surface area contributed by atoms with Crippen LogP contribution in [-0.2, 0) is 13.1 Å². The maximum Gasteiger partial charge on any atom is 0.128 e. The lowest BCUT2D eigenvalue weighted by Gasteiger charge is -2.24. The summed E-state index contributed by atoms with van der Waals surface area (Å²) in [6, 6.07) is 5.38. The van der Waals surface area contributed by atoms with Crippen molar-refractivity contribution in [2.24, 2.45) is 17.6 Å². The van der Waals surface area contributed by atoms with Crippen molar-refractivity contribution >= 4 is 0 Å². The van der Waals surface area contributed by atoms with Gasteiger partial charge in [0.1, 0.15) is 5.82 Å². The zero-order valence-corrected chi connectivity index (χ0v) is 14.0. The van der Waals surface area contributed by atoms with Crippen LogP contribution in [0.2, 0.25) is 0 Å². The minimum Gasteiger partial charge on any atom is -0.326 e. The van der Waals surface area contributed by atoms with Crippen LogP contribution < -0.4 is 5.73 Å². The van der Waals surface area contributed by atoms with Crippen molar-refractivity contribution in [3.63, 3.8) is 0 Å². The minimum absolute atomic E-state index is 0.128. The summed E-state index contributed by atoms with van der Waals surface area (Å²) in [4.78, 5) is 2.38. The van der Waals surface area contributed by atoms with Gasteiger partial charge in [-0.25, -0.2) is 4.39 Å². The van der Waals surface area contributed by atoms with Gasteiger partial charge < -0.3 is 5.73 Å². The van der Waals surface area contributed by atoms with Crippen molar-refractivity contribution in [2.45, 2.75) is 53.6 Å². The Morgan fingerprint density at radius 3 is 2.05 bits per heavy atom. The standard InChI is InChI=1S/C18H31FN2/c1-14(2)7-9-21(10-8-15(3)4)13-17-6-5-16(12-20)11-18(17)19/h5-6,11,14-15H,7-10,12-13,20H2,1-4H3. The van der Waals surface area contributed by atoms with E-state index in [4.69, 9.17) is 5.73 Å². The maximum absolute atomic E-state index is 14.1. The molecule has 0 spiro atoms. The van der Waals surface area contributed by atoms with E-state index in [1.54, 1.807) is 6.07 Å². The predicted molar refractivity (Wildman–Crippen MR) is 88.5 cm³/mol. The molecule has 2 N–H and O–H groups in total. The van der Waals surface area contributed by atoms with Gasteiger partial charge in [-0.2, -0.15) is 0 Å². The van der Waals surface area contributed by atoms with Gasteiger partial charge in [0, 0.05) is 18.7 Å². The van der Waals surface area contributed by atoms with E-state index in [-0.39, 0.29) is 5.82 Å². The van der Waals surface area contributed by atoms with Gasteiger partial charge in [-0.3, -0.25) is 4.90 Å². The number of nitrogens with zero attached hydrogens (tertiary/aromatic N) is 1. The molecule has 0 heterocycles. The molecule has 0 aliphatic rings. The first kappa shape index (κ1) is 18.1. The Bertz CT molecular complexity index is 404. The molecule has 0 saturated heterocycles. The fraction of sp³-hybridized carbons (Fsp3) is 0.667. The van der Waals surface area contributed by atoms with Crippen molar-refractivity contribution < 1.29 is 4.39 Å². The van der Waals surface area contributed by atoms with Crippen molar-refractivity contribution in [3.05, 3.63) is 35.1 Å². The molecule has 0 saturated carbocycles. The molecule has 0 aliphatic carbocycles. The van der Waals surface area contributed by atoms with Gasteiger partial charge in [-0.1, -0.05) is 39.8 Å². The molecule has 0 amide bonds. The minimum atomic E-state index is -0.128. The van der Waals surface area contributed by atoms with E-state index < -0.39 is 0 Å². The number of nitrogens with two attached hydrogens (primary N) is 1. The van der Waals surface area contributed by atoms with Crippen LogP contribution in [0.25, 0.3) is 0 Å². The molecule has 0 aliphatic heterocycles. The fourth-order valence-electron chi connectivity index (χ4n) is 2.24. The SMILES string of the molecule is CC(C)CCN(CCC(C)C)Cc1ccc(CN)cc1F. The molecule has 3 heteroatoms. The van der Waals surface area contributed by atoms with Crippen LogP contribution in [0.15, 0.2) is 18.2 Å². The molecule has 0 atom stereocenters. The normalized spacial score (nSPS) is 11.9. The van der Waals surface area contributed by atoms with Crippen LogP contribution in [-0.4, -0.2) is 18.0 Å². The Morgan fingerprint density at radius 2 is 1.62 bits per heavy atom. The summed E-state index contributed by atoms with van der Waals surface area (Å²) in [5.74, 6) is 1.23. The quantitative estimate of drug-likeness (QED) is 0.740. The average molecular weight is 294 g/mol. The summed E-state index contributed by atoms with van der Waals surface area (Å²) >= 11 is 0. The largest absolute Gasteiger partial charge is 0.326 e. The van der Waals surface area contributed by atoms with E-state index in [9.17, 15) is 4.39 Å². The number of halogens is 1. The van der Waals surface area contributed by atoms with Gasteiger partial charge in [-0.15, -0.1) is 0 Å². The van der Waals surface area contributed by atoms with Gasteiger partial charge in [0.05, 0.1) is 0 Å².